The third-order valence-electron chi connectivity index (χ3n) is 6.31. The van der Waals surface area contributed by atoms with E-state index >= 15 is 0 Å². The van der Waals surface area contributed by atoms with Crippen molar-refractivity contribution in [3.8, 4) is 11.8 Å². The Labute approximate surface area is 170 Å². The monoisotopic (exact) mass is 385 g/mol. The van der Waals surface area contributed by atoms with Gasteiger partial charge in [-0.1, -0.05) is 12.1 Å². The molecule has 1 aliphatic carbocycles. The van der Waals surface area contributed by atoms with Gasteiger partial charge in [-0.15, -0.1) is 0 Å². The molecule has 2 bridgehead atoms. The Morgan fingerprint density at radius 2 is 1.90 bits per heavy atom. The molecule has 2 atom stereocenters. The van der Waals surface area contributed by atoms with Crippen LogP contribution in [0.25, 0.3) is 0 Å². The molecule has 2 aromatic heterocycles. The average Bonchev–Trinajstić information content (AvgIpc) is 3.55. The van der Waals surface area contributed by atoms with Gasteiger partial charge in [0.2, 0.25) is 0 Å². The fourth-order valence-corrected chi connectivity index (χ4v) is 4.74. The first-order valence-corrected chi connectivity index (χ1v) is 10.5. The highest BCUT2D eigenvalue weighted by atomic mass is 16.5. The van der Waals surface area contributed by atoms with Crippen molar-refractivity contribution in [1.29, 1.82) is 0 Å². The minimum absolute atomic E-state index is 0.375. The number of hydrogen-bond donors (Lipinski definition) is 0. The van der Waals surface area contributed by atoms with Gasteiger partial charge >= 0.3 is 6.01 Å². The molecular weight excluding hydrogens is 362 g/mol. The van der Waals surface area contributed by atoms with E-state index in [4.69, 9.17) is 14.7 Å². The van der Waals surface area contributed by atoms with Gasteiger partial charge in [0.15, 0.2) is 0 Å². The van der Waals surface area contributed by atoms with E-state index in [-0.39, 0.29) is 0 Å². The van der Waals surface area contributed by atoms with Gasteiger partial charge in [0.1, 0.15) is 11.6 Å². The number of nitrogens with zero attached hydrogens (tertiary/aromatic N) is 5. The van der Waals surface area contributed by atoms with Crippen LogP contribution in [0.15, 0.2) is 48.9 Å². The smallest absolute Gasteiger partial charge is 0.321 e. The molecule has 2 fully saturated rings. The molecule has 6 heteroatoms. The summed E-state index contributed by atoms with van der Waals surface area (Å²) in [6, 6.07) is 11.4. The summed E-state index contributed by atoms with van der Waals surface area (Å²) >= 11 is 0. The lowest BCUT2D eigenvalue weighted by molar-refractivity contribution is 0.166. The number of rotatable bonds is 5. The number of aromatic nitrogens is 4. The molecule has 6 rings (SSSR count). The number of benzene rings is 1. The van der Waals surface area contributed by atoms with E-state index < -0.39 is 0 Å². The van der Waals surface area contributed by atoms with Gasteiger partial charge < -0.3 is 4.74 Å². The summed E-state index contributed by atoms with van der Waals surface area (Å²) < 4.78 is 5.81. The topological polar surface area (TPSA) is 64.0 Å². The van der Waals surface area contributed by atoms with Crippen LogP contribution in [-0.4, -0.2) is 30.9 Å². The number of fused-ring (bicyclic) bond motifs is 4. The average molecular weight is 385 g/mol. The van der Waals surface area contributed by atoms with E-state index in [1.807, 2.05) is 12.1 Å². The van der Waals surface area contributed by atoms with Crippen LogP contribution < -0.4 is 4.74 Å². The molecule has 3 aliphatic rings. The van der Waals surface area contributed by atoms with E-state index in [0.29, 0.717) is 24.0 Å². The largest absolute Gasteiger partial charge is 0.424 e. The highest BCUT2D eigenvalue weighted by Gasteiger charge is 2.41. The molecule has 29 heavy (non-hydrogen) atoms. The molecule has 146 valence electrons. The van der Waals surface area contributed by atoms with E-state index in [9.17, 15) is 0 Å². The van der Waals surface area contributed by atoms with Crippen molar-refractivity contribution in [2.45, 2.75) is 56.7 Å². The molecule has 0 spiro atoms. The maximum absolute atomic E-state index is 5.81. The van der Waals surface area contributed by atoms with Crippen LogP contribution in [0.5, 0.6) is 11.8 Å². The zero-order valence-electron chi connectivity index (χ0n) is 16.2. The summed E-state index contributed by atoms with van der Waals surface area (Å²) in [6.45, 7) is 0.909. The summed E-state index contributed by atoms with van der Waals surface area (Å²) in [5.41, 5.74) is 3.88. The first-order chi connectivity index (χ1) is 14.3. The van der Waals surface area contributed by atoms with Gasteiger partial charge in [0, 0.05) is 55.1 Å². The molecule has 0 N–H and O–H groups in total. The summed E-state index contributed by atoms with van der Waals surface area (Å²) in [6.07, 6.45) is 11.5. The van der Waals surface area contributed by atoms with Gasteiger partial charge in [-0.3, -0.25) is 4.90 Å². The van der Waals surface area contributed by atoms with Crippen LogP contribution in [0.1, 0.15) is 60.3 Å². The van der Waals surface area contributed by atoms with E-state index in [1.54, 1.807) is 18.5 Å². The standard InChI is InChI=1S/C23H23N5O/c1-3-15(11-18(4-1)29-23-24-9-2-10-25-23)14-28-17-7-8-21(28)19-13-26-22(16-5-6-16)27-20(19)12-17/h1-4,9-11,13,16-17,21H,5-8,12,14H2/t17-,21-/m0/s1. The van der Waals surface area contributed by atoms with Crippen LogP contribution in [0, 0.1) is 0 Å². The third-order valence-corrected chi connectivity index (χ3v) is 6.31. The molecule has 4 heterocycles. The molecule has 1 saturated heterocycles. The minimum Gasteiger partial charge on any atom is -0.424 e. The van der Waals surface area contributed by atoms with Crippen LogP contribution in [0.2, 0.25) is 0 Å². The highest BCUT2D eigenvalue weighted by Crippen LogP contribution is 2.45. The molecular formula is C23H23N5O. The molecule has 6 nitrogen and oxygen atoms in total. The van der Waals surface area contributed by atoms with Crippen molar-refractivity contribution < 1.29 is 4.74 Å². The van der Waals surface area contributed by atoms with Gasteiger partial charge in [-0.05, 0) is 49.4 Å². The number of hydrogen-bond acceptors (Lipinski definition) is 6. The Morgan fingerprint density at radius 3 is 2.76 bits per heavy atom. The Hall–Kier alpha value is -2.86. The Bertz CT molecular complexity index is 1040. The van der Waals surface area contributed by atoms with Gasteiger partial charge in [0.25, 0.3) is 0 Å². The van der Waals surface area contributed by atoms with Crippen molar-refractivity contribution in [1.82, 2.24) is 24.8 Å². The van der Waals surface area contributed by atoms with Crippen LogP contribution in [-0.2, 0) is 13.0 Å². The van der Waals surface area contributed by atoms with Gasteiger partial charge in [0.05, 0.1) is 5.69 Å². The van der Waals surface area contributed by atoms with Crippen LogP contribution in [0.3, 0.4) is 0 Å². The highest BCUT2D eigenvalue weighted by molar-refractivity contribution is 5.33. The molecule has 0 amide bonds. The first kappa shape index (κ1) is 17.0. The normalized spacial score (nSPS) is 23.0. The Morgan fingerprint density at radius 1 is 1.00 bits per heavy atom. The number of ether oxygens (including phenoxy) is 1. The van der Waals surface area contributed by atoms with Crippen LogP contribution in [0.4, 0.5) is 0 Å². The molecule has 3 aromatic rings. The lowest BCUT2D eigenvalue weighted by atomic mass is 9.98. The second-order valence-corrected chi connectivity index (χ2v) is 8.31. The maximum Gasteiger partial charge on any atom is 0.321 e. The zero-order chi connectivity index (χ0) is 19.2. The summed E-state index contributed by atoms with van der Waals surface area (Å²) in [5, 5.41) is 0. The van der Waals surface area contributed by atoms with Crippen molar-refractivity contribution in [3.05, 3.63) is 71.6 Å². The molecule has 1 saturated carbocycles. The summed E-state index contributed by atoms with van der Waals surface area (Å²) in [7, 11) is 0. The SMILES string of the molecule is c1cnc(Oc2cccc(CN3[C@H]4CC[C@H]3c3cnc(C5CC5)nc3C4)c2)nc1. The Kier molecular flexibility index (Phi) is 4.04. The summed E-state index contributed by atoms with van der Waals surface area (Å²) in [5.74, 6) is 2.47. The van der Waals surface area contributed by atoms with Crippen molar-refractivity contribution >= 4 is 0 Å². The fourth-order valence-electron chi connectivity index (χ4n) is 4.74. The molecule has 1 aromatic carbocycles. The van der Waals surface area contributed by atoms with Gasteiger partial charge in [-0.2, -0.15) is 0 Å². The van der Waals surface area contributed by atoms with Crippen LogP contribution >= 0.6 is 0 Å². The predicted octanol–water partition coefficient (Wildman–Crippen LogP) is 4.20. The maximum atomic E-state index is 5.81. The zero-order valence-corrected chi connectivity index (χ0v) is 16.2. The van der Waals surface area contributed by atoms with Crippen molar-refractivity contribution in [3.63, 3.8) is 0 Å². The van der Waals surface area contributed by atoms with E-state index in [1.165, 1.54) is 42.5 Å². The molecule has 0 radical (unpaired) electrons. The predicted molar refractivity (Wildman–Crippen MR) is 108 cm³/mol. The first-order valence-electron chi connectivity index (χ1n) is 10.5. The van der Waals surface area contributed by atoms with E-state index in [0.717, 1.165) is 24.5 Å². The minimum atomic E-state index is 0.375. The fraction of sp³-hybridized carbons (Fsp3) is 0.391. The molecule has 0 unspecified atom stereocenters. The lowest BCUT2D eigenvalue weighted by Gasteiger charge is -2.35. The lowest BCUT2D eigenvalue weighted by Crippen LogP contribution is -2.37. The summed E-state index contributed by atoms with van der Waals surface area (Å²) in [4.78, 5) is 20.6. The van der Waals surface area contributed by atoms with Crippen molar-refractivity contribution in [2.75, 3.05) is 0 Å². The quantitative estimate of drug-likeness (QED) is 0.656. The van der Waals surface area contributed by atoms with Gasteiger partial charge in [-0.25, -0.2) is 19.9 Å². The van der Waals surface area contributed by atoms with E-state index in [2.05, 4.69) is 33.2 Å². The third kappa shape index (κ3) is 3.27. The van der Waals surface area contributed by atoms with Crippen molar-refractivity contribution in [2.24, 2.45) is 0 Å². The second kappa shape index (κ2) is 6.88. The molecule has 2 aliphatic heterocycles. The second-order valence-electron chi connectivity index (χ2n) is 8.31. The Balaban J connectivity index is 1.22.